The molecule has 0 rings (SSSR count). The Morgan fingerprint density at radius 2 is 1.44 bits per heavy atom. The van der Waals surface area contributed by atoms with Crippen molar-refractivity contribution >= 4 is 0 Å². The smallest absolute Gasteiger partial charge is 0.00411 e. The van der Waals surface area contributed by atoms with E-state index in [4.69, 9.17) is 5.73 Å². The van der Waals surface area contributed by atoms with Crippen molar-refractivity contribution in [3.05, 3.63) is 0 Å². The minimum atomic E-state index is 0.310. The lowest BCUT2D eigenvalue weighted by molar-refractivity contribution is 0.230. The van der Waals surface area contributed by atoms with Gasteiger partial charge in [-0.2, -0.15) is 0 Å². The van der Waals surface area contributed by atoms with Crippen LogP contribution in [0.15, 0.2) is 0 Å². The Hall–Kier alpha value is -0.0400. The molecule has 0 aliphatic heterocycles. The third-order valence-corrected chi connectivity index (χ3v) is 2.15. The zero-order valence-electron chi connectivity index (χ0n) is 7.23. The Balaban J connectivity index is 3.88. The van der Waals surface area contributed by atoms with Crippen molar-refractivity contribution in [2.24, 2.45) is 17.1 Å². The lowest BCUT2D eigenvalue weighted by Gasteiger charge is -2.30. The predicted molar refractivity (Wildman–Crippen MR) is 42.3 cm³/mol. The highest BCUT2D eigenvalue weighted by atomic mass is 14.6. The van der Waals surface area contributed by atoms with Gasteiger partial charge in [-0.25, -0.2) is 0 Å². The van der Waals surface area contributed by atoms with Gasteiger partial charge in [0, 0.05) is 6.04 Å². The van der Waals surface area contributed by atoms with Gasteiger partial charge in [0.15, 0.2) is 0 Å². The maximum atomic E-state index is 5.72. The lowest BCUT2D eigenvalue weighted by Crippen LogP contribution is -2.33. The van der Waals surface area contributed by atoms with Crippen LogP contribution in [-0.2, 0) is 0 Å². The second-order valence-corrected chi connectivity index (χ2v) is 4.01. The summed E-state index contributed by atoms with van der Waals surface area (Å²) in [5.41, 5.74) is 6.08. The highest BCUT2D eigenvalue weighted by Crippen LogP contribution is 2.26. The van der Waals surface area contributed by atoms with E-state index in [-0.39, 0.29) is 0 Å². The van der Waals surface area contributed by atoms with Crippen LogP contribution >= 0.6 is 0 Å². The molecule has 9 heavy (non-hydrogen) atoms. The van der Waals surface area contributed by atoms with Gasteiger partial charge in [0.1, 0.15) is 0 Å². The molecule has 0 spiro atoms. The van der Waals surface area contributed by atoms with E-state index in [1.165, 1.54) is 0 Å². The Morgan fingerprint density at radius 3 is 1.44 bits per heavy atom. The molecule has 0 heterocycles. The second kappa shape index (κ2) is 2.70. The maximum Gasteiger partial charge on any atom is 0.00411 e. The molecule has 0 amide bonds. The van der Waals surface area contributed by atoms with Gasteiger partial charge in [0.2, 0.25) is 0 Å². The van der Waals surface area contributed by atoms with Gasteiger partial charge in [-0.1, -0.05) is 27.7 Å². The number of hydrogen-bond acceptors (Lipinski definition) is 1. The van der Waals surface area contributed by atoms with Crippen LogP contribution in [0.4, 0.5) is 0 Å². The van der Waals surface area contributed by atoms with E-state index < -0.39 is 0 Å². The molecule has 2 atom stereocenters. The van der Waals surface area contributed by atoms with E-state index in [2.05, 4.69) is 34.6 Å². The molecule has 56 valence electrons. The molecule has 0 aliphatic carbocycles. The zero-order valence-corrected chi connectivity index (χ0v) is 7.23. The van der Waals surface area contributed by atoms with Crippen molar-refractivity contribution in [1.82, 2.24) is 0 Å². The summed E-state index contributed by atoms with van der Waals surface area (Å²) in [5.74, 6) is 0.595. The third-order valence-electron chi connectivity index (χ3n) is 2.15. The molecule has 0 bridgehead atoms. The molecule has 0 saturated heterocycles. The van der Waals surface area contributed by atoms with Gasteiger partial charge < -0.3 is 5.73 Å². The molecule has 0 radical (unpaired) electrons. The van der Waals surface area contributed by atoms with Crippen LogP contribution in [0.5, 0.6) is 0 Å². The van der Waals surface area contributed by atoms with E-state index in [9.17, 15) is 0 Å². The monoisotopic (exact) mass is 129 g/mol. The van der Waals surface area contributed by atoms with Gasteiger partial charge in [-0.3, -0.25) is 0 Å². The first-order chi connectivity index (χ1) is 3.85. The summed E-state index contributed by atoms with van der Waals surface area (Å²) in [6.45, 7) is 10.9. The fourth-order valence-electron chi connectivity index (χ4n) is 0.789. The van der Waals surface area contributed by atoms with Crippen molar-refractivity contribution in [2.75, 3.05) is 0 Å². The van der Waals surface area contributed by atoms with Crippen LogP contribution in [0.1, 0.15) is 34.6 Å². The van der Waals surface area contributed by atoms with Crippen molar-refractivity contribution in [3.8, 4) is 0 Å². The highest BCUT2D eigenvalue weighted by molar-refractivity contribution is 4.75. The largest absolute Gasteiger partial charge is 0.328 e. The summed E-state index contributed by atoms with van der Waals surface area (Å²) in [6, 6.07) is 0.310. The molecule has 1 nitrogen and oxygen atoms in total. The highest BCUT2D eigenvalue weighted by Gasteiger charge is 2.22. The van der Waals surface area contributed by atoms with Crippen LogP contribution < -0.4 is 5.73 Å². The van der Waals surface area contributed by atoms with Gasteiger partial charge >= 0.3 is 0 Å². The third kappa shape index (κ3) is 2.85. The van der Waals surface area contributed by atoms with Crippen LogP contribution in [0.2, 0.25) is 0 Å². The van der Waals surface area contributed by atoms with Crippen LogP contribution in [0, 0.1) is 11.3 Å². The Morgan fingerprint density at radius 1 is 1.11 bits per heavy atom. The summed E-state index contributed by atoms with van der Waals surface area (Å²) >= 11 is 0. The van der Waals surface area contributed by atoms with Crippen molar-refractivity contribution in [1.29, 1.82) is 0 Å². The maximum absolute atomic E-state index is 5.72. The topological polar surface area (TPSA) is 26.0 Å². The van der Waals surface area contributed by atoms with Crippen LogP contribution in [0.3, 0.4) is 0 Å². The number of hydrogen-bond donors (Lipinski definition) is 1. The number of nitrogens with two attached hydrogens (primary N) is 1. The first-order valence-corrected chi connectivity index (χ1v) is 3.61. The average Bonchev–Trinajstić information content (AvgIpc) is 1.62. The van der Waals surface area contributed by atoms with Crippen LogP contribution in [0.25, 0.3) is 0 Å². The lowest BCUT2D eigenvalue weighted by atomic mass is 9.78. The molecule has 0 aromatic heterocycles. The quantitative estimate of drug-likeness (QED) is 0.576. The molecular weight excluding hydrogens is 110 g/mol. The normalized spacial score (nSPS) is 19.3. The van der Waals surface area contributed by atoms with Gasteiger partial charge in [0.05, 0.1) is 0 Å². The van der Waals surface area contributed by atoms with E-state index in [0.29, 0.717) is 17.4 Å². The molecular formula is C8H19N. The Bertz CT molecular complexity index is 79.1. The molecule has 0 aromatic rings. The van der Waals surface area contributed by atoms with E-state index in [0.717, 1.165) is 0 Å². The number of rotatable bonds is 1. The summed E-state index contributed by atoms with van der Waals surface area (Å²) in [4.78, 5) is 0. The van der Waals surface area contributed by atoms with E-state index in [1.807, 2.05) is 0 Å². The summed E-state index contributed by atoms with van der Waals surface area (Å²) in [7, 11) is 0. The first kappa shape index (κ1) is 8.96. The summed E-state index contributed by atoms with van der Waals surface area (Å²) < 4.78 is 0. The van der Waals surface area contributed by atoms with Crippen molar-refractivity contribution in [2.45, 2.75) is 40.7 Å². The predicted octanol–water partition coefficient (Wildman–Crippen LogP) is 2.02. The minimum absolute atomic E-state index is 0.310. The minimum Gasteiger partial charge on any atom is -0.328 e. The van der Waals surface area contributed by atoms with Crippen molar-refractivity contribution < 1.29 is 0 Å². The van der Waals surface area contributed by atoms with E-state index in [1.54, 1.807) is 0 Å². The molecule has 0 unspecified atom stereocenters. The van der Waals surface area contributed by atoms with Gasteiger partial charge in [-0.15, -0.1) is 0 Å². The van der Waals surface area contributed by atoms with Gasteiger partial charge in [-0.05, 0) is 18.3 Å². The van der Waals surface area contributed by atoms with Crippen LogP contribution in [-0.4, -0.2) is 6.04 Å². The first-order valence-electron chi connectivity index (χ1n) is 3.61. The standard InChI is InChI=1S/C8H19N/c1-6(7(2)9)8(3,4)5/h6-7H,9H2,1-5H3/t6-,7-/m0/s1. The van der Waals surface area contributed by atoms with Crippen molar-refractivity contribution in [3.63, 3.8) is 0 Å². The van der Waals surface area contributed by atoms with E-state index >= 15 is 0 Å². The fraction of sp³-hybridized carbons (Fsp3) is 1.00. The molecule has 0 fully saturated rings. The summed E-state index contributed by atoms with van der Waals surface area (Å²) in [5, 5.41) is 0. The SMILES string of the molecule is C[C@H](N)[C@H](C)C(C)(C)C. The molecule has 1 heteroatoms. The molecule has 2 N–H and O–H groups in total. The molecule has 0 aliphatic rings. The molecule has 0 aromatic carbocycles. The molecule has 0 saturated carbocycles. The fourth-order valence-corrected chi connectivity index (χ4v) is 0.789. The average molecular weight is 129 g/mol. The Labute approximate surface area is 58.6 Å². The summed E-state index contributed by atoms with van der Waals surface area (Å²) in [6.07, 6.45) is 0. The second-order valence-electron chi connectivity index (χ2n) is 4.01. The zero-order chi connectivity index (χ0) is 7.65. The Kier molecular flexibility index (Phi) is 2.68. The van der Waals surface area contributed by atoms with Gasteiger partial charge in [0.25, 0.3) is 0 Å².